The molecule has 42 heavy (non-hydrogen) atoms. The number of aromatic hydroxyl groups is 1. The number of nitrogens with zero attached hydrogens (tertiary/aromatic N) is 4. The molecule has 2 N–H and O–H groups in total. The lowest BCUT2D eigenvalue weighted by molar-refractivity contribution is -0.135. The first-order valence-corrected chi connectivity index (χ1v) is 14.8. The molecule has 2 rings (SSSR count). The standard InChI is InChI=1S/C31H52N4O7/c1-22(2)12-13-32(9)27(37)25(20-23-10-11-24(21-26(23)36)41-30(3,4)5)35(28(38)39)19-16-33-14-17-34(18-15-33)29(40)42-31(6,7)8/h10-11,21-22,25,36H,12-20H2,1-9H3,(H,38,39)/t25-/m0/s1. The maximum absolute atomic E-state index is 13.7. The quantitative estimate of drug-likeness (QED) is 0.385. The number of carbonyl (C=O) groups excluding carboxylic acids is 2. The van der Waals surface area contributed by atoms with Gasteiger partial charge in [-0.05, 0) is 65.5 Å². The highest BCUT2D eigenvalue weighted by atomic mass is 16.6. The SMILES string of the molecule is CC(C)CCN(C)C(=O)[C@H](Cc1ccc(OC(C)(C)C)cc1O)N(CCN1CCN(C(=O)OC(C)(C)C)CC1)C(=O)O. The molecule has 3 amide bonds. The Morgan fingerprint density at radius 2 is 1.60 bits per heavy atom. The van der Waals surface area contributed by atoms with Crippen LogP contribution >= 0.6 is 0 Å². The van der Waals surface area contributed by atoms with E-state index >= 15 is 0 Å². The summed E-state index contributed by atoms with van der Waals surface area (Å²) in [6.07, 6.45) is -0.757. The van der Waals surface area contributed by atoms with Crippen LogP contribution in [-0.4, -0.2) is 118 Å². The molecule has 1 aliphatic rings. The van der Waals surface area contributed by atoms with Crippen LogP contribution in [0.5, 0.6) is 11.5 Å². The second-order valence-electron chi connectivity index (χ2n) is 13.5. The smallest absolute Gasteiger partial charge is 0.410 e. The lowest BCUT2D eigenvalue weighted by Crippen LogP contribution is -2.55. The second-order valence-corrected chi connectivity index (χ2v) is 13.5. The van der Waals surface area contributed by atoms with E-state index in [1.54, 1.807) is 29.0 Å². The molecule has 1 aromatic rings. The molecule has 1 aromatic carbocycles. The normalized spacial score (nSPS) is 15.3. The summed E-state index contributed by atoms with van der Waals surface area (Å²) < 4.78 is 11.3. The van der Waals surface area contributed by atoms with Crippen LogP contribution < -0.4 is 4.74 Å². The summed E-state index contributed by atoms with van der Waals surface area (Å²) in [6, 6.07) is 3.88. The zero-order valence-electron chi connectivity index (χ0n) is 27.0. The Hall–Kier alpha value is -3.21. The third-order valence-corrected chi connectivity index (χ3v) is 6.90. The number of likely N-dealkylation sites (N-methyl/N-ethyl adjacent to an activating group) is 1. The Morgan fingerprint density at radius 1 is 0.976 bits per heavy atom. The largest absolute Gasteiger partial charge is 0.508 e. The molecule has 1 aliphatic heterocycles. The van der Waals surface area contributed by atoms with E-state index in [0.717, 1.165) is 6.42 Å². The lowest BCUT2D eigenvalue weighted by atomic mass is 10.0. The zero-order valence-corrected chi connectivity index (χ0v) is 27.0. The molecule has 0 radical (unpaired) electrons. The van der Waals surface area contributed by atoms with Gasteiger partial charge in [0.15, 0.2) is 0 Å². The highest BCUT2D eigenvalue weighted by molar-refractivity contribution is 5.85. The average Bonchev–Trinajstić information content (AvgIpc) is 2.85. The molecule has 0 bridgehead atoms. The fourth-order valence-electron chi connectivity index (χ4n) is 4.60. The predicted octanol–water partition coefficient (Wildman–Crippen LogP) is 4.52. The van der Waals surface area contributed by atoms with Crippen molar-refractivity contribution < 1.29 is 34.1 Å². The van der Waals surface area contributed by atoms with Gasteiger partial charge in [0.2, 0.25) is 5.91 Å². The Morgan fingerprint density at radius 3 is 2.10 bits per heavy atom. The van der Waals surface area contributed by atoms with Crippen LogP contribution in [0.25, 0.3) is 0 Å². The molecular formula is C31H52N4O7. The summed E-state index contributed by atoms with van der Waals surface area (Å²) in [5, 5.41) is 21.1. The number of hydrogen-bond acceptors (Lipinski definition) is 7. The minimum absolute atomic E-state index is 0.0191. The third-order valence-electron chi connectivity index (χ3n) is 6.90. The number of rotatable bonds is 11. The van der Waals surface area contributed by atoms with Crippen molar-refractivity contribution in [3.63, 3.8) is 0 Å². The topological polar surface area (TPSA) is 123 Å². The van der Waals surface area contributed by atoms with Crippen LogP contribution in [0.3, 0.4) is 0 Å². The molecule has 1 fully saturated rings. The Bertz CT molecular complexity index is 1060. The Labute approximate surface area is 251 Å². The number of carbonyl (C=O) groups is 3. The number of amides is 3. The number of phenols is 1. The minimum Gasteiger partial charge on any atom is -0.508 e. The van der Waals surface area contributed by atoms with Crippen molar-refractivity contribution in [1.29, 1.82) is 0 Å². The predicted molar refractivity (Wildman–Crippen MR) is 162 cm³/mol. The molecule has 0 unspecified atom stereocenters. The van der Waals surface area contributed by atoms with E-state index in [0.29, 0.717) is 56.5 Å². The number of phenolic OH excluding ortho intramolecular Hbond substituents is 1. The van der Waals surface area contributed by atoms with Crippen molar-refractivity contribution in [3.05, 3.63) is 23.8 Å². The molecule has 11 nitrogen and oxygen atoms in total. The second kappa shape index (κ2) is 14.8. The van der Waals surface area contributed by atoms with Gasteiger partial charge in [-0.1, -0.05) is 19.9 Å². The van der Waals surface area contributed by atoms with Gasteiger partial charge in [-0.15, -0.1) is 0 Å². The van der Waals surface area contributed by atoms with Gasteiger partial charge in [0.25, 0.3) is 0 Å². The third kappa shape index (κ3) is 11.6. The van der Waals surface area contributed by atoms with Gasteiger partial charge in [0, 0.05) is 65.3 Å². The lowest BCUT2D eigenvalue weighted by Gasteiger charge is -2.37. The van der Waals surface area contributed by atoms with E-state index in [4.69, 9.17) is 9.47 Å². The number of piperazine rings is 1. The first-order chi connectivity index (χ1) is 19.4. The molecule has 1 heterocycles. The van der Waals surface area contributed by atoms with Crippen molar-refractivity contribution in [3.8, 4) is 11.5 Å². The molecule has 11 heteroatoms. The fourth-order valence-corrected chi connectivity index (χ4v) is 4.60. The van der Waals surface area contributed by atoms with Crippen molar-refractivity contribution in [2.75, 3.05) is 52.9 Å². The van der Waals surface area contributed by atoms with Crippen LogP contribution in [0.15, 0.2) is 18.2 Å². The zero-order chi connectivity index (χ0) is 31.8. The van der Waals surface area contributed by atoms with E-state index in [1.165, 1.54) is 11.0 Å². The molecular weight excluding hydrogens is 540 g/mol. The maximum atomic E-state index is 13.7. The van der Waals surface area contributed by atoms with Crippen LogP contribution in [0.1, 0.15) is 67.4 Å². The van der Waals surface area contributed by atoms with Crippen LogP contribution in [0, 0.1) is 5.92 Å². The van der Waals surface area contributed by atoms with Gasteiger partial charge in [-0.25, -0.2) is 9.59 Å². The first-order valence-electron chi connectivity index (χ1n) is 14.8. The summed E-state index contributed by atoms with van der Waals surface area (Å²) in [5.74, 6) is 0.500. The Balaban J connectivity index is 2.19. The molecule has 1 atom stereocenters. The van der Waals surface area contributed by atoms with Gasteiger partial charge >= 0.3 is 12.2 Å². The maximum Gasteiger partial charge on any atom is 0.410 e. The summed E-state index contributed by atoms with van der Waals surface area (Å²) in [5.41, 5.74) is -0.567. The molecule has 0 saturated carbocycles. The van der Waals surface area contributed by atoms with Gasteiger partial charge < -0.3 is 29.5 Å². The molecule has 0 spiro atoms. The van der Waals surface area contributed by atoms with Crippen molar-refractivity contribution in [2.45, 2.75) is 85.5 Å². The molecule has 1 saturated heterocycles. The number of carboxylic acid groups (broad SMARTS) is 1. The average molecular weight is 593 g/mol. The first kappa shape index (κ1) is 35.0. The molecule has 238 valence electrons. The van der Waals surface area contributed by atoms with Crippen molar-refractivity contribution in [1.82, 2.24) is 19.6 Å². The summed E-state index contributed by atoms with van der Waals surface area (Å²) in [6.45, 7) is 18.4. The molecule has 0 aromatic heterocycles. The van der Waals surface area contributed by atoms with Crippen LogP contribution in [0.2, 0.25) is 0 Å². The highest BCUT2D eigenvalue weighted by Crippen LogP contribution is 2.28. The van der Waals surface area contributed by atoms with Gasteiger partial charge in [0.05, 0.1) is 0 Å². The number of hydrogen-bond donors (Lipinski definition) is 2. The summed E-state index contributed by atoms with van der Waals surface area (Å²) in [4.78, 5) is 45.2. The van der Waals surface area contributed by atoms with Gasteiger partial charge in [0.1, 0.15) is 28.7 Å². The monoisotopic (exact) mass is 592 g/mol. The highest BCUT2D eigenvalue weighted by Gasteiger charge is 2.34. The van der Waals surface area contributed by atoms with E-state index in [-0.39, 0.29) is 30.7 Å². The number of benzene rings is 1. The van der Waals surface area contributed by atoms with Crippen LogP contribution in [-0.2, 0) is 16.0 Å². The summed E-state index contributed by atoms with van der Waals surface area (Å²) in [7, 11) is 1.69. The van der Waals surface area contributed by atoms with Gasteiger partial charge in [-0.2, -0.15) is 0 Å². The van der Waals surface area contributed by atoms with E-state index in [9.17, 15) is 24.6 Å². The Kier molecular flexibility index (Phi) is 12.3. The van der Waals surface area contributed by atoms with E-state index in [1.807, 2.05) is 41.5 Å². The number of ether oxygens (including phenoxy) is 2. The van der Waals surface area contributed by atoms with E-state index < -0.39 is 23.3 Å². The van der Waals surface area contributed by atoms with E-state index in [2.05, 4.69) is 18.7 Å². The fraction of sp³-hybridized carbons (Fsp3) is 0.710. The van der Waals surface area contributed by atoms with Crippen molar-refractivity contribution in [2.24, 2.45) is 5.92 Å². The minimum atomic E-state index is -1.20. The van der Waals surface area contributed by atoms with Gasteiger partial charge in [-0.3, -0.25) is 14.6 Å². The van der Waals surface area contributed by atoms with Crippen LogP contribution in [0.4, 0.5) is 9.59 Å². The summed E-state index contributed by atoms with van der Waals surface area (Å²) >= 11 is 0. The molecule has 0 aliphatic carbocycles. The van der Waals surface area contributed by atoms with Crippen molar-refractivity contribution >= 4 is 18.1 Å².